The van der Waals surface area contributed by atoms with Gasteiger partial charge in [-0.05, 0) is 6.92 Å². The van der Waals surface area contributed by atoms with Gasteiger partial charge in [-0.1, -0.05) is 0 Å². The highest BCUT2D eigenvalue weighted by molar-refractivity contribution is 5.74. The summed E-state index contributed by atoms with van der Waals surface area (Å²) in [5.74, 6) is -2.65. The van der Waals surface area contributed by atoms with Gasteiger partial charge >= 0.3 is 0 Å². The molecule has 626 valence electrons. The van der Waals surface area contributed by atoms with E-state index < -0.39 is 347 Å². The van der Waals surface area contributed by atoms with Crippen LogP contribution in [0.1, 0.15) is 27.7 Å². The topological polar surface area (TPSA) is 750 Å². The van der Waals surface area contributed by atoms with Crippen molar-refractivity contribution in [2.45, 2.75) is 304 Å². The van der Waals surface area contributed by atoms with Crippen molar-refractivity contribution in [1.29, 1.82) is 0 Å². The molecule has 9 rings (SSSR count). The van der Waals surface area contributed by atoms with Gasteiger partial charge < -0.3 is 224 Å². The summed E-state index contributed by atoms with van der Waals surface area (Å²) < 4.78 is 99.7. The molecule has 0 bridgehead atoms. The van der Waals surface area contributed by atoms with Crippen molar-refractivity contribution in [3.05, 3.63) is 0 Å². The van der Waals surface area contributed by atoms with Crippen LogP contribution in [0, 0.1) is 0 Å². The average molecular weight is 1580 g/mol. The van der Waals surface area contributed by atoms with Crippen molar-refractivity contribution in [2.75, 3.05) is 52.9 Å². The van der Waals surface area contributed by atoms with Crippen LogP contribution in [-0.4, -0.2) is 474 Å². The minimum atomic E-state index is -2.54. The molecule has 0 spiro atoms. The molecule has 9 saturated heterocycles. The lowest BCUT2D eigenvalue weighted by molar-refractivity contribution is -0.398. The van der Waals surface area contributed by atoms with E-state index in [0.29, 0.717) is 0 Å². The maximum Gasteiger partial charge on any atom is 0.217 e. The van der Waals surface area contributed by atoms with Crippen LogP contribution in [0.5, 0.6) is 0 Å². The molecule has 48 nitrogen and oxygen atoms in total. The van der Waals surface area contributed by atoms with Crippen LogP contribution in [0.3, 0.4) is 0 Å². The minimum Gasteiger partial charge on any atom is -0.394 e. The largest absolute Gasteiger partial charge is 0.394 e. The highest BCUT2D eigenvalue weighted by atomic mass is 16.8. The Labute approximate surface area is 611 Å². The van der Waals surface area contributed by atoms with Crippen LogP contribution >= 0.6 is 0 Å². The first-order valence-electron chi connectivity index (χ1n) is 34.5. The summed E-state index contributed by atoms with van der Waals surface area (Å²) in [6.45, 7) is -4.29. The molecule has 0 unspecified atom stereocenters. The Bertz CT molecular complexity index is 2820. The molecule has 0 aromatic heterocycles. The quantitative estimate of drug-likeness (QED) is 0.0363. The molecule has 9 aliphatic rings. The lowest BCUT2D eigenvalue weighted by Crippen LogP contribution is -2.71. The number of ether oxygens (including phenoxy) is 17. The van der Waals surface area contributed by atoms with Gasteiger partial charge in [0.05, 0.1) is 59.0 Å². The van der Waals surface area contributed by atoms with E-state index in [2.05, 4.69) is 16.0 Å². The second-order valence-corrected chi connectivity index (χ2v) is 27.5. The first-order chi connectivity index (χ1) is 51.0. The van der Waals surface area contributed by atoms with E-state index in [1.54, 1.807) is 0 Å². The summed E-state index contributed by atoms with van der Waals surface area (Å²) in [7, 11) is 0. The van der Waals surface area contributed by atoms with Gasteiger partial charge in [-0.15, -0.1) is 0 Å². The highest BCUT2D eigenvalue weighted by Gasteiger charge is 2.60. The lowest BCUT2D eigenvalue weighted by Gasteiger charge is -2.51. The molecule has 0 radical (unpaired) electrons. The van der Waals surface area contributed by atoms with Crippen molar-refractivity contribution < 1.29 is 223 Å². The van der Waals surface area contributed by atoms with Crippen molar-refractivity contribution >= 4 is 17.7 Å². The van der Waals surface area contributed by atoms with E-state index in [1.165, 1.54) is 6.92 Å². The molecule has 0 aromatic rings. The number of aliphatic hydroxyl groups excluding tert-OH is 25. The van der Waals surface area contributed by atoms with Crippen LogP contribution in [-0.2, 0) is 94.9 Å². The third kappa shape index (κ3) is 19.3. The first-order valence-corrected chi connectivity index (χ1v) is 34.5. The molecule has 0 saturated carbocycles. The maximum absolute atomic E-state index is 13.1. The van der Waals surface area contributed by atoms with Crippen molar-refractivity contribution in [3.63, 3.8) is 0 Å². The van der Waals surface area contributed by atoms with Gasteiger partial charge in [0.15, 0.2) is 56.6 Å². The Morgan fingerprint density at radius 2 is 0.565 bits per heavy atom. The third-order valence-corrected chi connectivity index (χ3v) is 19.9. The Morgan fingerprint density at radius 1 is 0.259 bits per heavy atom. The Balaban J connectivity index is 1.03. The number of carbonyl (C=O) groups excluding carboxylic acids is 3. The van der Waals surface area contributed by atoms with E-state index in [9.17, 15) is 142 Å². The van der Waals surface area contributed by atoms with E-state index in [-0.39, 0.29) is 0 Å². The molecule has 28 N–H and O–H groups in total. The van der Waals surface area contributed by atoms with Gasteiger partial charge in [0, 0.05) is 20.8 Å². The second-order valence-electron chi connectivity index (χ2n) is 27.5. The maximum atomic E-state index is 13.1. The first kappa shape index (κ1) is 88.7. The zero-order valence-corrected chi connectivity index (χ0v) is 58.0. The van der Waals surface area contributed by atoms with Crippen LogP contribution in [0.4, 0.5) is 0 Å². The zero-order chi connectivity index (χ0) is 79.5. The van der Waals surface area contributed by atoms with Gasteiger partial charge in [0.25, 0.3) is 0 Å². The summed E-state index contributed by atoms with van der Waals surface area (Å²) in [5, 5.41) is 284. The third-order valence-electron chi connectivity index (χ3n) is 19.9. The molecule has 9 heterocycles. The molecule has 9 aliphatic heterocycles. The van der Waals surface area contributed by atoms with Crippen LogP contribution in [0.15, 0.2) is 0 Å². The van der Waals surface area contributed by atoms with E-state index >= 15 is 0 Å². The van der Waals surface area contributed by atoms with Gasteiger partial charge in [0.1, 0.15) is 213 Å². The molecule has 3 amide bonds. The molecule has 45 atom stereocenters. The summed E-state index contributed by atoms with van der Waals surface area (Å²) in [6.07, 6.45) is -85.8. The molecule has 0 aliphatic carbocycles. The average Bonchev–Trinajstić information content (AvgIpc) is 0.772. The molecule has 9 fully saturated rings. The summed E-state index contributed by atoms with van der Waals surface area (Å²) in [4.78, 5) is 38.0. The zero-order valence-electron chi connectivity index (χ0n) is 58.0. The SMILES string of the molecule is CC(=O)N[C@@H]1[C@@H](O)[C@H](O[C@@H]2O[C@H](CO)[C@@H](O[C@@H]3O[C@H](CO[C@H]4O[C@H](CO)[C@@H](O)[C@H](O[C@H]5O[C@H](CO)[C@@H](O)[C@H](O)[C@@H]5O[C@H]5O[C@H](CO)[C@@H](O)[C@H](O)[C@@H]5O)[C@@H]4O)[C@@H](O)[C@H](O[C@H]4O[C@H](CO)[C@@H](O)[C@H](O)[C@@H]4O[C@@H]4O[C@H](CO)[C@@H](O)[C@H](O)[C@H]4NC(C)=O)[C@@H]3O)[C@H](O)[C@H]2NC(C)=O)[C@@H](CO[C@@H]2O[C@@H](C)[C@@H](O)[C@@H](O)[C@@H]2O)O[C@H]1O. The fourth-order valence-electron chi connectivity index (χ4n) is 13.9. The van der Waals surface area contributed by atoms with Crippen molar-refractivity contribution in [2.24, 2.45) is 0 Å². The van der Waals surface area contributed by atoms with Gasteiger partial charge in [-0.3, -0.25) is 14.4 Å². The molecule has 108 heavy (non-hydrogen) atoms. The van der Waals surface area contributed by atoms with Crippen molar-refractivity contribution in [3.8, 4) is 0 Å². The molecular weight excluding hydrogens is 1480 g/mol. The summed E-state index contributed by atoms with van der Waals surface area (Å²) in [5.41, 5.74) is 0. The fraction of sp³-hybridized carbons (Fsp3) is 0.950. The fourth-order valence-corrected chi connectivity index (χ4v) is 13.9. The van der Waals surface area contributed by atoms with Crippen LogP contribution in [0.2, 0.25) is 0 Å². The monoisotopic (exact) mass is 1580 g/mol. The molecule has 48 heteroatoms. The normalized spacial score (nSPS) is 50.4. The van der Waals surface area contributed by atoms with E-state index in [0.717, 1.165) is 20.8 Å². The van der Waals surface area contributed by atoms with E-state index in [1.807, 2.05) is 0 Å². The number of aliphatic hydroxyl groups is 25. The number of hydrogen-bond acceptors (Lipinski definition) is 45. The number of hydrogen-bond donors (Lipinski definition) is 28. The summed E-state index contributed by atoms with van der Waals surface area (Å²) >= 11 is 0. The molecular formula is C60H101N3O45. The predicted octanol–water partition coefficient (Wildman–Crippen LogP) is -19.2. The smallest absolute Gasteiger partial charge is 0.217 e. The predicted molar refractivity (Wildman–Crippen MR) is 330 cm³/mol. The highest BCUT2D eigenvalue weighted by Crippen LogP contribution is 2.40. The summed E-state index contributed by atoms with van der Waals surface area (Å²) in [6, 6.07) is -5.48. The molecule has 0 aromatic carbocycles. The van der Waals surface area contributed by atoms with E-state index in [4.69, 9.17) is 80.5 Å². The number of nitrogens with one attached hydrogen (secondary N) is 3. The minimum absolute atomic E-state index is 0.823. The second kappa shape index (κ2) is 38.5. The Kier molecular flexibility index (Phi) is 31.6. The Hall–Kier alpha value is -3.27. The van der Waals surface area contributed by atoms with Crippen LogP contribution < -0.4 is 16.0 Å². The standard InChI is InChI=1S/C60H101N3O45/c1-13-28(73)38(83)42(87)55(94-13)93-12-24-47(36(81)25(52(91)95-24)61-14(2)70)103-54-27(63-16(4)72)37(82)46(22(10-69)101-54)104-58-45(90)49(106-59-50(40(85)31(76)19(7-66)99-59)107-53-26(62-15(3)71)35(80)29(74)17(5-64)96-53)34(79)23(102-58)11-92-56-44(89)48(33(78)21(9-68)97-56)105-60-51(41(86)32(77)20(8-67)100-60)108-57-43(88)39(84)30(75)18(6-65)98-57/h13,17-60,64-69,73-91H,5-12H2,1-4H3,(H,61,70)(H,62,71)(H,63,72)/t13-,17+,18+,19+,20+,21+,22+,23+,24+,25+,26+,27+,28+,29+,30+,31+,32+,33+,34+,35+,36+,37+,38+,39-,40-,41-,42-,43-,44-,45-,46+,47+,48-,49-,50-,51-,52+,53-,54-,55+,56-,57+,58-,59+,60+/m0/s1. The lowest BCUT2D eigenvalue weighted by atomic mass is 9.93. The van der Waals surface area contributed by atoms with Gasteiger partial charge in [-0.2, -0.15) is 0 Å². The number of rotatable bonds is 27. The van der Waals surface area contributed by atoms with Crippen LogP contribution in [0.25, 0.3) is 0 Å². The van der Waals surface area contributed by atoms with Crippen molar-refractivity contribution in [1.82, 2.24) is 16.0 Å². The van der Waals surface area contributed by atoms with Gasteiger partial charge in [-0.25, -0.2) is 0 Å². The Morgan fingerprint density at radius 3 is 1.06 bits per heavy atom. The number of amides is 3. The van der Waals surface area contributed by atoms with Gasteiger partial charge in [0.2, 0.25) is 17.7 Å². The number of carbonyl (C=O) groups is 3.